The number of ether oxygens (including phenoxy) is 4. The number of aromatic nitrogens is 3. The lowest BCUT2D eigenvalue weighted by atomic mass is 9.95. The number of fused-ring (bicyclic) bond motifs is 6. The van der Waals surface area contributed by atoms with Gasteiger partial charge in [0.15, 0.2) is 46.1 Å². The van der Waals surface area contributed by atoms with Gasteiger partial charge in [-0.25, -0.2) is 52.4 Å². The van der Waals surface area contributed by atoms with Gasteiger partial charge in [-0.2, -0.15) is 0 Å². The van der Waals surface area contributed by atoms with Gasteiger partial charge in [-0.3, -0.25) is 65.9 Å². The lowest BCUT2D eigenvalue weighted by Crippen LogP contribution is -2.52. The molecule has 0 radical (unpaired) electrons. The molecule has 6 aromatic heterocycles. The molecule has 40 nitrogen and oxygen atoms in total. The topological polar surface area (TPSA) is 440 Å². The van der Waals surface area contributed by atoms with Gasteiger partial charge in [-0.1, -0.05) is 25.1 Å². The average Bonchev–Trinajstić information content (AvgIpc) is 1.59. The van der Waals surface area contributed by atoms with Gasteiger partial charge >= 0.3 is 39.8 Å². The van der Waals surface area contributed by atoms with Gasteiger partial charge in [0.05, 0.1) is 73.0 Å². The number of likely N-dealkylation sites (N-methyl/N-ethyl adjacent to an activating group) is 1. The molecule has 3 atom stereocenters. The molecular weight excluding hydrogens is 1650 g/mol. The van der Waals surface area contributed by atoms with Crippen LogP contribution in [-0.4, -0.2) is 248 Å². The third-order valence-electron chi connectivity index (χ3n) is 21.4. The number of hydrogen-bond donors (Lipinski definition) is 3. The van der Waals surface area contributed by atoms with Crippen molar-refractivity contribution in [3.63, 3.8) is 0 Å². The number of carbonyl (C=O) groups is 10. The summed E-state index contributed by atoms with van der Waals surface area (Å²) in [4.78, 5) is 159. The Kier molecular flexibility index (Phi) is 25.1. The van der Waals surface area contributed by atoms with Crippen LogP contribution in [0.25, 0.3) is 33.2 Å². The Hall–Kier alpha value is -12.5. The first-order valence-corrected chi connectivity index (χ1v) is 41.9. The van der Waals surface area contributed by atoms with E-state index in [9.17, 15) is 57.1 Å². The highest BCUT2D eigenvalue weighted by atomic mass is 31.2. The molecule has 3 aromatic carbocycles. The minimum Gasteiger partial charge on any atom is -0.497 e. The van der Waals surface area contributed by atoms with Crippen LogP contribution in [0.2, 0.25) is 0 Å². The monoisotopic (exact) mass is 1740 g/mol. The number of halogens is 1. The van der Waals surface area contributed by atoms with Crippen LogP contribution in [0, 0.1) is 5.82 Å². The average molecular weight is 1740 g/mol. The number of pyridine rings is 3. The molecule has 123 heavy (non-hydrogen) atoms. The molecule has 4 fully saturated rings. The van der Waals surface area contributed by atoms with Crippen LogP contribution in [0.5, 0.6) is 17.2 Å². The number of anilines is 1. The van der Waals surface area contributed by atoms with E-state index in [4.69, 9.17) is 64.3 Å². The van der Waals surface area contributed by atoms with E-state index < -0.39 is 113 Å². The maximum atomic E-state index is 15.2. The number of piperazine rings is 1. The Bertz CT molecular complexity index is 5680. The van der Waals surface area contributed by atoms with Crippen molar-refractivity contribution in [2.24, 2.45) is 0 Å². The van der Waals surface area contributed by atoms with Gasteiger partial charge < -0.3 is 77.5 Å². The summed E-state index contributed by atoms with van der Waals surface area (Å²) in [6, 6.07) is 24.0. The molecule has 3 N–H and O–H groups in total. The SMILES string of the molecule is CCOP(=O)(OCC)OCN1C(=O)N[C@@](CN2Cc3ccc(OC)c(F)c3C2=O)(c2cc3nc(N4CCN(CC)CC4)ccc3o2)C1=O.CCOP(=O)(OCC)OCN1C(=O)N[C@@](CN2Cc3ccc(OC)cc3C2=O)(c2cc3ncccc3o2)C1=O.COc1ccc2c(c1)C(=O)N(C[C@@]1(c3cc4cnccc4o3)NC(=O)N(COC(=O)N(C)C)C1=O)C2. The number of nitrogens with one attached hydrogen (secondary N) is 3. The van der Waals surface area contributed by atoms with E-state index >= 15 is 4.39 Å². The summed E-state index contributed by atoms with van der Waals surface area (Å²) < 4.78 is 111. The number of urea groups is 3. The standard InChI is InChI=1S/C31H38FN6O9P.C25H27N4O9P.C24H23N5O7/c1-5-35-12-14-36(15-13-35)25-11-10-22-21(33-25)16-24(47-22)31(18-37-17-20-8-9-23(43-4)27(32)26(20)28(37)39)29(40)38(30(41)34-31)19-46-48(42,44-6-2)45-7-3;1-4-35-39(33,36-5-2)37-15-29-23(31)25(27-24(29)32,21-12-19-20(38-21)7-6-10-26-19)14-28-13-16-8-9-17(34-3)11-18(16)22(28)30;1-27(2)23(33)35-13-29-21(31)24(26-22(29)32,19-8-15-10-25-7-6-18(15)36-19)12-28-11-14-4-5-16(34-3)9-17(14)20(28)30/h8-11,16H,5-7,12-15,17-19H2,1-4H3,(H,34,41);6-12H,4-5,13-15H2,1-3H3,(H,27,32);4-10H,11-13H2,1-3H3,(H,26,32)/t31-;25-;24-/m000/s1. The fraction of sp³-hybridized carbons (Fsp3) is 0.388. The lowest BCUT2D eigenvalue weighted by molar-refractivity contribution is -0.136. The summed E-state index contributed by atoms with van der Waals surface area (Å²) in [5.74, 6) is -2.64. The predicted octanol–water partition coefficient (Wildman–Crippen LogP) is 8.97. The summed E-state index contributed by atoms with van der Waals surface area (Å²) in [5, 5.41) is 8.68. The van der Waals surface area contributed by atoms with Crippen molar-refractivity contribution in [1.29, 1.82) is 0 Å². The Labute approximate surface area is 701 Å². The van der Waals surface area contributed by atoms with Crippen LogP contribution in [0.4, 0.5) is 29.4 Å². The first-order valence-electron chi connectivity index (χ1n) is 39.0. The van der Waals surface area contributed by atoms with Crippen LogP contribution >= 0.6 is 15.6 Å². The van der Waals surface area contributed by atoms with Crippen molar-refractivity contribution in [2.45, 2.75) is 70.9 Å². The van der Waals surface area contributed by atoms with Crippen molar-refractivity contribution in [3.05, 3.63) is 172 Å². The Morgan fingerprint density at radius 2 is 0.992 bits per heavy atom. The molecule has 16 rings (SSSR count). The van der Waals surface area contributed by atoms with E-state index in [-0.39, 0.29) is 99.6 Å². The Morgan fingerprint density at radius 3 is 1.47 bits per heavy atom. The molecule has 0 unspecified atom stereocenters. The first kappa shape index (κ1) is 86.9. The number of phosphoric acid groups is 2. The zero-order valence-electron chi connectivity index (χ0n) is 68.5. The smallest absolute Gasteiger partial charge is 0.476 e. The molecule has 43 heteroatoms. The van der Waals surface area contributed by atoms with E-state index in [0.717, 1.165) is 59.5 Å². The second kappa shape index (κ2) is 35.5. The molecule has 7 aliphatic rings. The quantitative estimate of drug-likeness (QED) is 0.0279. The van der Waals surface area contributed by atoms with Crippen molar-refractivity contribution in [2.75, 3.05) is 139 Å². The molecule has 0 aliphatic carbocycles. The number of furan rings is 3. The van der Waals surface area contributed by atoms with Gasteiger partial charge in [0.25, 0.3) is 35.4 Å². The van der Waals surface area contributed by atoms with Gasteiger partial charge in [0.2, 0.25) is 0 Å². The highest BCUT2D eigenvalue weighted by Crippen LogP contribution is 2.52. The number of benzene rings is 3. The van der Waals surface area contributed by atoms with E-state index in [1.807, 2.05) is 6.07 Å². The number of phosphoric ester groups is 2. The van der Waals surface area contributed by atoms with E-state index in [2.05, 4.69) is 42.6 Å². The normalized spacial score (nSPS) is 19.6. The lowest BCUT2D eigenvalue weighted by Gasteiger charge is -2.34. The van der Waals surface area contributed by atoms with Crippen molar-refractivity contribution >= 4 is 114 Å². The Balaban J connectivity index is 0.000000152. The predicted molar refractivity (Wildman–Crippen MR) is 429 cm³/mol. The number of carbonyl (C=O) groups excluding carboxylic acids is 10. The molecule has 13 amide bonds. The molecule has 7 aliphatic heterocycles. The Morgan fingerprint density at radius 1 is 0.520 bits per heavy atom. The maximum absolute atomic E-state index is 15.2. The first-order chi connectivity index (χ1) is 59.0. The highest BCUT2D eigenvalue weighted by Gasteiger charge is 2.61. The third kappa shape index (κ3) is 16.8. The van der Waals surface area contributed by atoms with Crippen molar-refractivity contribution in [1.82, 2.24) is 70.1 Å². The zero-order valence-corrected chi connectivity index (χ0v) is 70.3. The molecule has 4 saturated heterocycles. The maximum Gasteiger partial charge on any atom is 0.476 e. The summed E-state index contributed by atoms with van der Waals surface area (Å²) in [5.41, 5.74) is -0.862. The molecular formula is C80H88FN15O25P2. The van der Waals surface area contributed by atoms with Crippen LogP contribution in [-0.2, 0) is 91.6 Å². The molecule has 0 spiro atoms. The summed E-state index contributed by atoms with van der Waals surface area (Å²) in [7, 11) is -0.882. The van der Waals surface area contributed by atoms with Crippen LogP contribution in [0.3, 0.4) is 0 Å². The minimum absolute atomic E-state index is 0.00147. The van der Waals surface area contributed by atoms with Crippen LogP contribution in [0.1, 0.15) is 99.7 Å². The van der Waals surface area contributed by atoms with E-state index in [1.165, 1.54) is 61.1 Å². The fourth-order valence-electron chi connectivity index (χ4n) is 15.1. The molecule has 650 valence electrons. The van der Waals surface area contributed by atoms with E-state index in [0.29, 0.717) is 66.3 Å². The molecule has 9 aromatic rings. The van der Waals surface area contributed by atoms with Crippen molar-refractivity contribution in [3.8, 4) is 17.2 Å². The zero-order chi connectivity index (χ0) is 87.6. The van der Waals surface area contributed by atoms with Gasteiger partial charge in [-0.05, 0) is 118 Å². The second-order valence-corrected chi connectivity index (χ2v) is 32.3. The number of rotatable bonds is 30. The summed E-state index contributed by atoms with van der Waals surface area (Å²) >= 11 is 0. The number of methoxy groups -OCH3 is 3. The van der Waals surface area contributed by atoms with Gasteiger partial charge in [0, 0.05) is 107 Å². The van der Waals surface area contributed by atoms with Crippen LogP contribution in [0.15, 0.2) is 129 Å². The number of hydrogen-bond acceptors (Lipinski definition) is 30. The highest BCUT2D eigenvalue weighted by molar-refractivity contribution is 7.48. The summed E-state index contributed by atoms with van der Waals surface area (Å²) in [6.07, 6.45) is 3.95. The molecule has 13 heterocycles. The fourth-order valence-corrected chi connectivity index (χ4v) is 17.4. The molecule has 0 bridgehead atoms. The number of nitrogens with zero attached hydrogens (tertiary/aromatic N) is 12. The second-order valence-electron chi connectivity index (χ2n) is 29.0. The third-order valence-corrected chi connectivity index (χ3v) is 24.5. The number of imide groups is 3. The largest absolute Gasteiger partial charge is 0.497 e. The minimum atomic E-state index is -4.11. The van der Waals surface area contributed by atoms with Gasteiger partial charge in [-0.15, -0.1) is 0 Å². The van der Waals surface area contributed by atoms with Crippen LogP contribution < -0.4 is 35.1 Å². The van der Waals surface area contributed by atoms with E-state index in [1.54, 1.807) is 131 Å². The molecule has 0 saturated carbocycles. The number of amides is 13. The van der Waals surface area contributed by atoms with Gasteiger partial charge in [0.1, 0.15) is 64.7 Å². The van der Waals surface area contributed by atoms with Crippen molar-refractivity contribution < 1.29 is 121 Å². The summed E-state index contributed by atoms with van der Waals surface area (Å²) in [6.45, 7) is 10.2.